The van der Waals surface area contributed by atoms with E-state index in [4.69, 9.17) is 0 Å². The average molecular weight is 355 g/mol. The summed E-state index contributed by atoms with van der Waals surface area (Å²) in [6.07, 6.45) is 2.11. The first-order valence-corrected chi connectivity index (χ1v) is 9.71. The maximum Gasteiger partial charge on any atom is 0.292 e. The molecule has 0 amide bonds. The number of nitrogens with one attached hydrogen (secondary N) is 1. The minimum atomic E-state index is -3.93. The van der Waals surface area contributed by atoms with Gasteiger partial charge in [-0.05, 0) is 51.8 Å². The number of nitro groups is 1. The van der Waals surface area contributed by atoms with E-state index in [1.54, 1.807) is 26.0 Å². The number of aryl methyl sites for hydroxylation is 2. The summed E-state index contributed by atoms with van der Waals surface area (Å²) < 4.78 is 28.1. The van der Waals surface area contributed by atoms with Gasteiger partial charge in [0.05, 0.1) is 4.92 Å². The Morgan fingerprint density at radius 3 is 2.38 bits per heavy atom. The third-order valence-corrected chi connectivity index (χ3v) is 6.57. The van der Waals surface area contributed by atoms with E-state index < -0.39 is 14.9 Å². The Morgan fingerprint density at radius 2 is 1.83 bits per heavy atom. The van der Waals surface area contributed by atoms with Gasteiger partial charge in [-0.25, -0.2) is 8.42 Å². The number of nitrogens with zero attached hydrogens (tertiary/aromatic N) is 2. The summed E-state index contributed by atoms with van der Waals surface area (Å²) in [5, 5.41) is 14.7. The van der Waals surface area contributed by atoms with Crippen LogP contribution in [-0.4, -0.2) is 43.3 Å². The standard InChI is InChI=1S/C16H25N3O4S/c1-4-11-18(14-7-9-17-10-8-14)24(22,23)16-13(3)6-5-12(2)15(16)19(20)21/h5-6,14,17H,4,7-11H2,1-3H3. The van der Waals surface area contributed by atoms with Gasteiger partial charge in [-0.2, -0.15) is 4.31 Å². The summed E-state index contributed by atoms with van der Waals surface area (Å²) in [5.74, 6) is 0. The zero-order chi connectivity index (χ0) is 17.9. The van der Waals surface area contributed by atoms with Crippen LogP contribution in [0.5, 0.6) is 0 Å². The molecule has 1 N–H and O–H groups in total. The van der Waals surface area contributed by atoms with E-state index in [-0.39, 0.29) is 16.6 Å². The summed E-state index contributed by atoms with van der Waals surface area (Å²) in [6.45, 7) is 7.00. The zero-order valence-electron chi connectivity index (χ0n) is 14.4. The van der Waals surface area contributed by atoms with Crippen LogP contribution in [0.4, 0.5) is 5.69 Å². The van der Waals surface area contributed by atoms with Crippen molar-refractivity contribution < 1.29 is 13.3 Å². The third-order valence-electron chi connectivity index (χ3n) is 4.44. The highest BCUT2D eigenvalue weighted by atomic mass is 32.2. The van der Waals surface area contributed by atoms with Gasteiger partial charge in [0.25, 0.3) is 5.69 Å². The van der Waals surface area contributed by atoms with Gasteiger partial charge in [0.1, 0.15) is 0 Å². The second-order valence-corrected chi connectivity index (χ2v) is 8.06. The Morgan fingerprint density at radius 1 is 1.25 bits per heavy atom. The Balaban J connectivity index is 2.59. The molecule has 0 saturated carbocycles. The first kappa shape index (κ1) is 18.8. The monoisotopic (exact) mass is 355 g/mol. The number of hydrogen-bond donors (Lipinski definition) is 1. The Hall–Kier alpha value is -1.51. The highest BCUT2D eigenvalue weighted by molar-refractivity contribution is 7.89. The van der Waals surface area contributed by atoms with Crippen LogP contribution in [0.1, 0.15) is 37.3 Å². The van der Waals surface area contributed by atoms with Crippen molar-refractivity contribution in [2.24, 2.45) is 0 Å². The van der Waals surface area contributed by atoms with E-state index in [0.29, 0.717) is 24.1 Å². The fraction of sp³-hybridized carbons (Fsp3) is 0.625. The molecular weight excluding hydrogens is 330 g/mol. The number of benzene rings is 1. The van der Waals surface area contributed by atoms with Crippen LogP contribution >= 0.6 is 0 Å². The van der Waals surface area contributed by atoms with Crippen LogP contribution in [0.15, 0.2) is 17.0 Å². The summed E-state index contributed by atoms with van der Waals surface area (Å²) in [4.78, 5) is 10.8. The molecule has 0 radical (unpaired) electrons. The lowest BCUT2D eigenvalue weighted by molar-refractivity contribution is -0.388. The maximum atomic E-state index is 13.3. The molecule has 0 spiro atoms. The molecule has 1 heterocycles. The van der Waals surface area contributed by atoms with Crippen LogP contribution in [-0.2, 0) is 10.0 Å². The Labute approximate surface area is 143 Å². The minimum Gasteiger partial charge on any atom is -0.317 e. The molecule has 7 nitrogen and oxygen atoms in total. The predicted molar refractivity (Wildman–Crippen MR) is 92.6 cm³/mol. The van der Waals surface area contributed by atoms with Crippen molar-refractivity contribution >= 4 is 15.7 Å². The van der Waals surface area contributed by atoms with Crippen molar-refractivity contribution in [2.75, 3.05) is 19.6 Å². The number of rotatable bonds is 6. The molecule has 1 aromatic rings. The number of nitro benzene ring substituents is 1. The van der Waals surface area contributed by atoms with E-state index in [1.807, 2.05) is 6.92 Å². The normalized spacial score (nSPS) is 16.5. The summed E-state index contributed by atoms with van der Waals surface area (Å²) in [7, 11) is -3.93. The second kappa shape index (κ2) is 7.58. The van der Waals surface area contributed by atoms with Gasteiger partial charge in [-0.1, -0.05) is 19.1 Å². The fourth-order valence-corrected chi connectivity index (χ4v) is 5.47. The van der Waals surface area contributed by atoms with E-state index in [2.05, 4.69) is 5.32 Å². The summed E-state index contributed by atoms with van der Waals surface area (Å²) in [6, 6.07) is 3.12. The van der Waals surface area contributed by atoms with E-state index in [0.717, 1.165) is 25.9 Å². The molecule has 2 rings (SSSR count). The predicted octanol–water partition coefficient (Wildman–Crippen LogP) is 2.36. The van der Waals surface area contributed by atoms with Crippen LogP contribution < -0.4 is 5.32 Å². The molecule has 1 aromatic carbocycles. The van der Waals surface area contributed by atoms with Crippen molar-refractivity contribution in [3.05, 3.63) is 33.4 Å². The minimum absolute atomic E-state index is 0.115. The number of sulfonamides is 1. The van der Waals surface area contributed by atoms with Gasteiger partial charge < -0.3 is 5.32 Å². The van der Waals surface area contributed by atoms with Crippen LogP contribution in [0, 0.1) is 24.0 Å². The Bertz CT molecular complexity index is 712. The molecule has 1 fully saturated rings. The molecule has 0 atom stereocenters. The molecule has 1 saturated heterocycles. The van der Waals surface area contributed by atoms with Crippen molar-refractivity contribution in [1.82, 2.24) is 9.62 Å². The average Bonchev–Trinajstić information content (AvgIpc) is 2.54. The third kappa shape index (κ3) is 3.60. The van der Waals surface area contributed by atoms with Gasteiger partial charge in [0.15, 0.2) is 4.90 Å². The molecular formula is C16H25N3O4S. The molecule has 0 aliphatic carbocycles. The van der Waals surface area contributed by atoms with Crippen molar-refractivity contribution in [2.45, 2.75) is 51.0 Å². The molecule has 1 aliphatic rings. The highest BCUT2D eigenvalue weighted by Crippen LogP contribution is 2.34. The number of piperidine rings is 1. The second-order valence-electron chi connectivity index (χ2n) is 6.23. The highest BCUT2D eigenvalue weighted by Gasteiger charge is 2.38. The quantitative estimate of drug-likeness (QED) is 0.625. The first-order valence-electron chi connectivity index (χ1n) is 8.27. The van der Waals surface area contributed by atoms with Crippen molar-refractivity contribution in [3.8, 4) is 0 Å². The van der Waals surface area contributed by atoms with Gasteiger partial charge in [-0.15, -0.1) is 0 Å². The molecule has 0 bridgehead atoms. The van der Waals surface area contributed by atoms with E-state index in [9.17, 15) is 18.5 Å². The molecule has 24 heavy (non-hydrogen) atoms. The van der Waals surface area contributed by atoms with E-state index in [1.165, 1.54) is 4.31 Å². The van der Waals surface area contributed by atoms with Crippen molar-refractivity contribution in [3.63, 3.8) is 0 Å². The lowest BCUT2D eigenvalue weighted by Gasteiger charge is -2.33. The topological polar surface area (TPSA) is 92.6 Å². The molecule has 0 unspecified atom stereocenters. The molecule has 1 aliphatic heterocycles. The van der Waals surface area contributed by atoms with Gasteiger partial charge in [-0.3, -0.25) is 10.1 Å². The largest absolute Gasteiger partial charge is 0.317 e. The lowest BCUT2D eigenvalue weighted by Crippen LogP contribution is -2.46. The van der Waals surface area contributed by atoms with Gasteiger partial charge >= 0.3 is 0 Å². The van der Waals surface area contributed by atoms with Crippen LogP contribution in [0.2, 0.25) is 0 Å². The smallest absolute Gasteiger partial charge is 0.292 e. The van der Waals surface area contributed by atoms with Crippen LogP contribution in [0.25, 0.3) is 0 Å². The molecule has 8 heteroatoms. The summed E-state index contributed by atoms with van der Waals surface area (Å²) in [5.41, 5.74) is 0.485. The summed E-state index contributed by atoms with van der Waals surface area (Å²) >= 11 is 0. The first-order chi connectivity index (χ1) is 11.3. The zero-order valence-corrected chi connectivity index (χ0v) is 15.2. The lowest BCUT2D eigenvalue weighted by atomic mass is 10.1. The fourth-order valence-electron chi connectivity index (χ4n) is 3.25. The van der Waals surface area contributed by atoms with Crippen LogP contribution in [0.3, 0.4) is 0 Å². The Kier molecular flexibility index (Phi) is 5.95. The van der Waals surface area contributed by atoms with Gasteiger partial charge in [0, 0.05) is 18.2 Å². The SMILES string of the molecule is CCCN(C1CCNCC1)S(=O)(=O)c1c(C)ccc(C)c1[N+](=O)[O-]. The van der Waals surface area contributed by atoms with Crippen molar-refractivity contribution in [1.29, 1.82) is 0 Å². The molecule has 134 valence electrons. The number of hydrogen-bond acceptors (Lipinski definition) is 5. The molecule has 0 aromatic heterocycles. The maximum absolute atomic E-state index is 13.3. The van der Waals surface area contributed by atoms with E-state index >= 15 is 0 Å². The van der Waals surface area contributed by atoms with Gasteiger partial charge in [0.2, 0.25) is 10.0 Å².